The fourth-order valence-corrected chi connectivity index (χ4v) is 2.24. The lowest BCUT2D eigenvalue weighted by Gasteiger charge is -2.05. The standard InChI is InChI=1S/C13H11NO3S/c1-14-12(18)6-9(13(14)15)4-8-2-3-10-11(5-8)17-7-16-10/h2-5H,6-7H2,1H3/b9-4+. The zero-order chi connectivity index (χ0) is 12.7. The van der Waals surface area contributed by atoms with Crippen LogP contribution in [0.25, 0.3) is 6.08 Å². The first-order valence-corrected chi connectivity index (χ1v) is 5.97. The summed E-state index contributed by atoms with van der Waals surface area (Å²) >= 11 is 5.11. The first-order valence-electron chi connectivity index (χ1n) is 5.56. The third-order valence-electron chi connectivity index (χ3n) is 3.03. The van der Waals surface area contributed by atoms with E-state index in [4.69, 9.17) is 21.7 Å². The highest BCUT2D eigenvalue weighted by Crippen LogP contribution is 2.33. The number of hydrogen-bond donors (Lipinski definition) is 0. The smallest absolute Gasteiger partial charge is 0.254 e. The summed E-state index contributed by atoms with van der Waals surface area (Å²) in [6, 6.07) is 5.61. The van der Waals surface area contributed by atoms with Crippen molar-refractivity contribution < 1.29 is 14.3 Å². The second kappa shape index (κ2) is 4.10. The summed E-state index contributed by atoms with van der Waals surface area (Å²) in [6.07, 6.45) is 2.37. The molecular weight excluding hydrogens is 250 g/mol. The molecule has 18 heavy (non-hydrogen) atoms. The lowest BCUT2D eigenvalue weighted by atomic mass is 10.1. The number of likely N-dealkylation sites (tertiary alicyclic amines) is 1. The monoisotopic (exact) mass is 261 g/mol. The van der Waals surface area contributed by atoms with Crippen LogP contribution >= 0.6 is 12.2 Å². The van der Waals surface area contributed by atoms with Crippen molar-refractivity contribution >= 4 is 29.2 Å². The van der Waals surface area contributed by atoms with E-state index in [1.54, 1.807) is 7.05 Å². The first kappa shape index (κ1) is 11.2. The maximum Gasteiger partial charge on any atom is 0.254 e. The number of benzene rings is 1. The van der Waals surface area contributed by atoms with Crippen molar-refractivity contribution in [3.8, 4) is 11.5 Å². The van der Waals surface area contributed by atoms with Gasteiger partial charge in [0.15, 0.2) is 11.5 Å². The Morgan fingerprint density at radius 3 is 2.83 bits per heavy atom. The molecule has 0 atom stereocenters. The maximum absolute atomic E-state index is 11.9. The number of amides is 1. The molecule has 0 aliphatic carbocycles. The third kappa shape index (κ3) is 1.76. The van der Waals surface area contributed by atoms with E-state index >= 15 is 0 Å². The Labute approximate surface area is 110 Å². The van der Waals surface area contributed by atoms with Gasteiger partial charge in [0, 0.05) is 19.0 Å². The Kier molecular flexibility index (Phi) is 2.56. The number of hydrogen-bond acceptors (Lipinski definition) is 4. The van der Waals surface area contributed by atoms with Crippen LogP contribution in [0.1, 0.15) is 12.0 Å². The van der Waals surface area contributed by atoms with E-state index in [2.05, 4.69) is 0 Å². The van der Waals surface area contributed by atoms with E-state index in [-0.39, 0.29) is 12.7 Å². The molecule has 5 heteroatoms. The van der Waals surface area contributed by atoms with Gasteiger partial charge in [-0.05, 0) is 23.8 Å². The first-order chi connectivity index (χ1) is 8.65. The molecule has 2 aliphatic rings. The fraction of sp³-hybridized carbons (Fsp3) is 0.231. The second-order valence-electron chi connectivity index (χ2n) is 4.22. The molecule has 1 saturated heterocycles. The van der Waals surface area contributed by atoms with Gasteiger partial charge in [-0.1, -0.05) is 18.3 Å². The van der Waals surface area contributed by atoms with Gasteiger partial charge in [0.25, 0.3) is 5.91 Å². The average Bonchev–Trinajstić information content (AvgIpc) is 2.91. The van der Waals surface area contributed by atoms with Gasteiger partial charge in [-0.25, -0.2) is 0 Å². The molecule has 1 fully saturated rings. The molecule has 0 bridgehead atoms. The number of thiocarbonyl (C=S) groups is 1. The Hall–Kier alpha value is -1.88. The zero-order valence-electron chi connectivity index (χ0n) is 9.80. The minimum atomic E-state index is -0.0299. The average molecular weight is 261 g/mol. The Morgan fingerprint density at radius 1 is 1.33 bits per heavy atom. The van der Waals surface area contributed by atoms with Crippen molar-refractivity contribution in [3.05, 3.63) is 29.3 Å². The molecule has 0 aromatic heterocycles. The number of carbonyl (C=O) groups is 1. The Bertz CT molecular complexity index is 580. The molecule has 4 nitrogen and oxygen atoms in total. The fourth-order valence-electron chi connectivity index (χ4n) is 2.00. The third-order valence-corrected chi connectivity index (χ3v) is 3.45. The minimum absolute atomic E-state index is 0.0299. The molecule has 0 unspecified atom stereocenters. The summed E-state index contributed by atoms with van der Waals surface area (Å²) in [5, 5.41) is 0. The van der Waals surface area contributed by atoms with Crippen LogP contribution in [0, 0.1) is 0 Å². The van der Waals surface area contributed by atoms with E-state index < -0.39 is 0 Å². The quantitative estimate of drug-likeness (QED) is 0.572. The summed E-state index contributed by atoms with van der Waals surface area (Å²) in [5.41, 5.74) is 1.63. The summed E-state index contributed by atoms with van der Waals surface area (Å²) in [4.78, 5) is 14.0. The maximum atomic E-state index is 11.9. The highest BCUT2D eigenvalue weighted by atomic mass is 32.1. The molecule has 1 aromatic carbocycles. The SMILES string of the molecule is CN1C(=O)/C(=C/c2ccc3c(c2)OCO3)CC1=S. The van der Waals surface area contributed by atoms with Gasteiger partial charge in [-0.3, -0.25) is 4.79 Å². The van der Waals surface area contributed by atoms with Crippen molar-refractivity contribution in [2.75, 3.05) is 13.8 Å². The molecule has 1 aromatic rings. The summed E-state index contributed by atoms with van der Waals surface area (Å²) in [6.45, 7) is 0.251. The molecule has 1 amide bonds. The molecule has 0 N–H and O–H groups in total. The molecule has 92 valence electrons. The van der Waals surface area contributed by atoms with Gasteiger partial charge in [-0.2, -0.15) is 0 Å². The number of likely N-dealkylation sites (N-methyl/N-ethyl adjacent to an activating group) is 1. The number of ether oxygens (including phenoxy) is 2. The predicted octanol–water partition coefficient (Wildman–Crippen LogP) is 1.99. The minimum Gasteiger partial charge on any atom is -0.454 e. The largest absolute Gasteiger partial charge is 0.454 e. The van der Waals surface area contributed by atoms with Crippen molar-refractivity contribution in [1.29, 1.82) is 0 Å². The lowest BCUT2D eigenvalue weighted by molar-refractivity contribution is -0.121. The van der Waals surface area contributed by atoms with E-state index in [1.165, 1.54) is 4.90 Å². The molecule has 0 spiro atoms. The summed E-state index contributed by atoms with van der Waals surface area (Å²) < 4.78 is 10.5. The predicted molar refractivity (Wildman–Crippen MR) is 70.5 cm³/mol. The Morgan fingerprint density at radius 2 is 2.11 bits per heavy atom. The van der Waals surface area contributed by atoms with Gasteiger partial charge in [0.2, 0.25) is 6.79 Å². The number of carbonyl (C=O) groups excluding carboxylic acids is 1. The molecule has 2 heterocycles. The van der Waals surface area contributed by atoms with Crippen LogP contribution in [0.5, 0.6) is 11.5 Å². The molecule has 2 aliphatic heterocycles. The van der Waals surface area contributed by atoms with E-state index in [1.807, 2.05) is 24.3 Å². The van der Waals surface area contributed by atoms with Crippen LogP contribution in [0.3, 0.4) is 0 Å². The summed E-state index contributed by atoms with van der Waals surface area (Å²) in [5.74, 6) is 1.42. The van der Waals surface area contributed by atoms with Gasteiger partial charge < -0.3 is 14.4 Å². The van der Waals surface area contributed by atoms with Crippen LogP contribution in [0.4, 0.5) is 0 Å². The lowest BCUT2D eigenvalue weighted by Crippen LogP contribution is -2.22. The van der Waals surface area contributed by atoms with Crippen LogP contribution in [-0.4, -0.2) is 29.6 Å². The Balaban J connectivity index is 1.93. The van der Waals surface area contributed by atoms with Crippen LogP contribution < -0.4 is 9.47 Å². The van der Waals surface area contributed by atoms with Crippen LogP contribution in [-0.2, 0) is 4.79 Å². The van der Waals surface area contributed by atoms with Crippen molar-refractivity contribution in [2.24, 2.45) is 0 Å². The van der Waals surface area contributed by atoms with E-state index in [0.717, 1.165) is 11.3 Å². The number of rotatable bonds is 1. The molecule has 0 saturated carbocycles. The van der Waals surface area contributed by atoms with Crippen molar-refractivity contribution in [1.82, 2.24) is 4.90 Å². The van der Waals surface area contributed by atoms with Gasteiger partial charge >= 0.3 is 0 Å². The highest BCUT2D eigenvalue weighted by Gasteiger charge is 2.27. The van der Waals surface area contributed by atoms with Crippen molar-refractivity contribution in [3.63, 3.8) is 0 Å². The molecule has 0 radical (unpaired) electrons. The van der Waals surface area contributed by atoms with Gasteiger partial charge in [0.05, 0.1) is 4.99 Å². The second-order valence-corrected chi connectivity index (χ2v) is 4.69. The topological polar surface area (TPSA) is 38.8 Å². The van der Waals surface area contributed by atoms with Gasteiger partial charge in [0.1, 0.15) is 0 Å². The highest BCUT2D eigenvalue weighted by molar-refractivity contribution is 7.80. The molecule has 3 rings (SSSR count). The van der Waals surface area contributed by atoms with Crippen LogP contribution in [0.15, 0.2) is 23.8 Å². The van der Waals surface area contributed by atoms with Gasteiger partial charge in [-0.15, -0.1) is 0 Å². The van der Waals surface area contributed by atoms with E-state index in [9.17, 15) is 4.79 Å². The normalized spacial score (nSPS) is 20.1. The molecular formula is C13H11NO3S. The number of fused-ring (bicyclic) bond motifs is 1. The number of nitrogens with zero attached hydrogens (tertiary/aromatic N) is 1. The van der Waals surface area contributed by atoms with E-state index in [0.29, 0.717) is 22.7 Å². The summed E-state index contributed by atoms with van der Waals surface area (Å²) in [7, 11) is 1.70. The zero-order valence-corrected chi connectivity index (χ0v) is 10.6. The van der Waals surface area contributed by atoms with Crippen LogP contribution in [0.2, 0.25) is 0 Å². The van der Waals surface area contributed by atoms with Crippen molar-refractivity contribution in [2.45, 2.75) is 6.42 Å².